The average molecular weight is 473 g/mol. The van der Waals surface area contributed by atoms with Gasteiger partial charge in [-0.25, -0.2) is 17.8 Å². The van der Waals surface area contributed by atoms with Crippen LogP contribution in [0.4, 0.5) is 10.1 Å². The number of sulfonamides is 1. The Morgan fingerprint density at radius 2 is 2.00 bits per heavy atom. The lowest BCUT2D eigenvalue weighted by Gasteiger charge is -2.11. The van der Waals surface area contributed by atoms with Crippen LogP contribution in [0.5, 0.6) is 5.88 Å². The number of anilines is 1. The summed E-state index contributed by atoms with van der Waals surface area (Å²) in [5.41, 5.74) is 1.98. The smallest absolute Gasteiger partial charge is 0.270 e. The van der Waals surface area contributed by atoms with Crippen LogP contribution in [0.15, 0.2) is 49.1 Å². The Kier molecular flexibility index (Phi) is 6.18. The zero-order valence-electron chi connectivity index (χ0n) is 17.7. The predicted molar refractivity (Wildman–Crippen MR) is 117 cm³/mol. The predicted octanol–water partition coefficient (Wildman–Crippen LogP) is 2.46. The van der Waals surface area contributed by atoms with E-state index >= 15 is 0 Å². The molecule has 0 aliphatic heterocycles. The van der Waals surface area contributed by atoms with Crippen LogP contribution in [0, 0.1) is 0 Å². The monoisotopic (exact) mass is 472 g/mol. The van der Waals surface area contributed by atoms with Gasteiger partial charge in [0.1, 0.15) is 5.69 Å². The molecule has 2 N–H and O–H groups in total. The molecule has 1 fully saturated rings. The highest BCUT2D eigenvalue weighted by molar-refractivity contribution is 7.94. The number of rotatable bonds is 9. The van der Waals surface area contributed by atoms with Gasteiger partial charge in [0.25, 0.3) is 15.9 Å². The number of carbonyl (C=O) groups excluding carboxylic acids is 1. The summed E-state index contributed by atoms with van der Waals surface area (Å²) in [5, 5.41) is 0.460. The summed E-state index contributed by atoms with van der Waals surface area (Å²) in [6.07, 6.45) is 5.92. The second-order valence-corrected chi connectivity index (χ2v) is 9.26. The van der Waals surface area contributed by atoms with Gasteiger partial charge in [-0.2, -0.15) is 0 Å². The Morgan fingerprint density at radius 3 is 2.70 bits per heavy atom. The lowest BCUT2D eigenvalue weighted by molar-refractivity contribution is 0.0945. The summed E-state index contributed by atoms with van der Waals surface area (Å²) >= 11 is 0. The Balaban J connectivity index is 1.38. The molecule has 4 rings (SSSR count). The zero-order valence-corrected chi connectivity index (χ0v) is 18.5. The first-order valence-corrected chi connectivity index (χ1v) is 11.6. The standard InChI is InChI=1S/C21H21FN6O4S/c1-2-32-19-13-23-12-18(27-19)14-3-4-17(25-10-14)20(29)26-11-16-9-15(5-8-24-16)28-33(30,31)21(22)6-7-21/h3-5,8-10,12-13H,2,6-7,11H2,1H3,(H,24,28)(H,26,29). The second kappa shape index (κ2) is 9.06. The number of hydrogen-bond acceptors (Lipinski definition) is 8. The Morgan fingerprint density at radius 1 is 1.18 bits per heavy atom. The van der Waals surface area contributed by atoms with E-state index < -0.39 is 20.9 Å². The van der Waals surface area contributed by atoms with E-state index in [2.05, 4.69) is 30.0 Å². The van der Waals surface area contributed by atoms with Crippen molar-refractivity contribution in [3.8, 4) is 17.1 Å². The van der Waals surface area contributed by atoms with E-state index in [-0.39, 0.29) is 30.8 Å². The van der Waals surface area contributed by atoms with E-state index in [1.807, 2.05) is 6.92 Å². The number of ether oxygens (including phenoxy) is 1. The van der Waals surface area contributed by atoms with E-state index in [1.54, 1.807) is 18.3 Å². The van der Waals surface area contributed by atoms with Gasteiger partial charge in [-0.3, -0.25) is 24.5 Å². The number of pyridine rings is 2. The molecular weight excluding hydrogens is 451 g/mol. The van der Waals surface area contributed by atoms with Gasteiger partial charge >= 0.3 is 0 Å². The number of carbonyl (C=O) groups is 1. The SMILES string of the molecule is CCOc1cncc(-c2ccc(C(=O)NCc3cc(NS(=O)(=O)C4(F)CC4)ccn3)nc2)n1. The fraction of sp³-hybridized carbons (Fsp3) is 0.286. The molecule has 10 nitrogen and oxygen atoms in total. The highest BCUT2D eigenvalue weighted by atomic mass is 32.2. The first-order valence-electron chi connectivity index (χ1n) is 10.2. The third-order valence-electron chi connectivity index (χ3n) is 4.82. The van der Waals surface area contributed by atoms with E-state index in [1.165, 1.54) is 30.7 Å². The van der Waals surface area contributed by atoms with Crippen LogP contribution in [0.25, 0.3) is 11.3 Å². The fourth-order valence-corrected chi connectivity index (χ4v) is 4.16. The van der Waals surface area contributed by atoms with E-state index in [4.69, 9.17) is 4.74 Å². The minimum atomic E-state index is -4.12. The molecule has 3 heterocycles. The van der Waals surface area contributed by atoms with Crippen molar-refractivity contribution >= 4 is 21.6 Å². The van der Waals surface area contributed by atoms with Crippen molar-refractivity contribution < 1.29 is 22.3 Å². The molecule has 33 heavy (non-hydrogen) atoms. The van der Waals surface area contributed by atoms with Crippen molar-refractivity contribution in [2.75, 3.05) is 11.3 Å². The molecule has 0 bridgehead atoms. The van der Waals surface area contributed by atoms with Crippen molar-refractivity contribution in [2.45, 2.75) is 31.3 Å². The molecule has 1 saturated carbocycles. The summed E-state index contributed by atoms with van der Waals surface area (Å²) in [5.74, 6) is -0.0446. The van der Waals surface area contributed by atoms with Gasteiger partial charge in [0.05, 0.1) is 42.6 Å². The largest absolute Gasteiger partial charge is 0.477 e. The van der Waals surface area contributed by atoms with Crippen LogP contribution in [-0.4, -0.2) is 45.9 Å². The molecule has 1 amide bonds. The van der Waals surface area contributed by atoms with Gasteiger partial charge in [0.2, 0.25) is 10.9 Å². The first kappa shape index (κ1) is 22.5. The number of nitrogens with zero attached hydrogens (tertiary/aromatic N) is 4. The van der Waals surface area contributed by atoms with Gasteiger partial charge in [-0.1, -0.05) is 0 Å². The number of nitrogens with one attached hydrogen (secondary N) is 2. The van der Waals surface area contributed by atoms with Crippen LogP contribution >= 0.6 is 0 Å². The number of halogens is 1. The molecule has 172 valence electrons. The summed E-state index contributed by atoms with van der Waals surface area (Å²) in [7, 11) is -4.12. The maximum Gasteiger partial charge on any atom is 0.270 e. The molecule has 3 aromatic heterocycles. The third kappa shape index (κ3) is 5.22. The quantitative estimate of drug-likeness (QED) is 0.485. The van der Waals surface area contributed by atoms with Crippen molar-refractivity contribution in [3.63, 3.8) is 0 Å². The van der Waals surface area contributed by atoms with Crippen LogP contribution in [-0.2, 0) is 16.6 Å². The lowest BCUT2D eigenvalue weighted by atomic mass is 10.2. The third-order valence-corrected chi connectivity index (χ3v) is 6.70. The van der Waals surface area contributed by atoms with Crippen molar-refractivity contribution in [1.82, 2.24) is 25.3 Å². The maximum atomic E-state index is 14.0. The van der Waals surface area contributed by atoms with Crippen LogP contribution in [0.3, 0.4) is 0 Å². The van der Waals surface area contributed by atoms with Gasteiger partial charge in [-0.15, -0.1) is 0 Å². The van der Waals surface area contributed by atoms with Crippen LogP contribution in [0.2, 0.25) is 0 Å². The fourth-order valence-electron chi connectivity index (χ4n) is 2.90. The normalized spacial score (nSPS) is 14.4. The molecule has 3 aromatic rings. The van der Waals surface area contributed by atoms with Crippen LogP contribution < -0.4 is 14.8 Å². The van der Waals surface area contributed by atoms with E-state index in [0.29, 0.717) is 29.4 Å². The topological polar surface area (TPSA) is 136 Å². The van der Waals surface area contributed by atoms with Gasteiger partial charge in [-0.05, 0) is 31.2 Å². The van der Waals surface area contributed by atoms with Crippen molar-refractivity contribution in [3.05, 3.63) is 60.4 Å². The molecule has 1 aliphatic carbocycles. The Bertz CT molecular complexity index is 1270. The molecule has 12 heteroatoms. The second-order valence-electron chi connectivity index (χ2n) is 7.31. The minimum absolute atomic E-state index is 0.0212. The van der Waals surface area contributed by atoms with E-state index in [0.717, 1.165) is 0 Å². The highest BCUT2D eigenvalue weighted by Gasteiger charge is 2.56. The van der Waals surface area contributed by atoms with Crippen LogP contribution in [0.1, 0.15) is 35.9 Å². The number of hydrogen-bond donors (Lipinski definition) is 2. The number of alkyl halides is 1. The Labute approximate surface area is 189 Å². The summed E-state index contributed by atoms with van der Waals surface area (Å²) in [6, 6.07) is 6.09. The molecule has 0 atom stereocenters. The Hall–Kier alpha value is -3.67. The average Bonchev–Trinajstić information content (AvgIpc) is 3.57. The highest BCUT2D eigenvalue weighted by Crippen LogP contribution is 2.45. The molecule has 0 radical (unpaired) electrons. The number of aromatic nitrogens is 4. The summed E-state index contributed by atoms with van der Waals surface area (Å²) < 4.78 is 45.6. The molecule has 0 spiro atoms. The molecular formula is C21H21FN6O4S. The molecule has 0 saturated heterocycles. The molecule has 1 aliphatic rings. The van der Waals surface area contributed by atoms with Gasteiger partial charge < -0.3 is 10.1 Å². The van der Waals surface area contributed by atoms with Gasteiger partial charge in [0, 0.05) is 30.8 Å². The maximum absolute atomic E-state index is 14.0. The van der Waals surface area contributed by atoms with Crippen molar-refractivity contribution in [2.24, 2.45) is 0 Å². The summed E-state index contributed by atoms with van der Waals surface area (Å²) in [6.45, 7) is 2.34. The van der Waals surface area contributed by atoms with Gasteiger partial charge in [0.15, 0.2) is 0 Å². The number of amides is 1. The minimum Gasteiger partial charge on any atom is -0.477 e. The van der Waals surface area contributed by atoms with E-state index in [9.17, 15) is 17.6 Å². The first-order chi connectivity index (χ1) is 15.8. The molecule has 0 aromatic carbocycles. The van der Waals surface area contributed by atoms with Crippen molar-refractivity contribution in [1.29, 1.82) is 0 Å². The zero-order chi connectivity index (χ0) is 23.5. The lowest BCUT2D eigenvalue weighted by Crippen LogP contribution is -2.26. The summed E-state index contributed by atoms with van der Waals surface area (Å²) in [4.78, 5) is 29.1. The molecule has 0 unspecified atom stereocenters.